The highest BCUT2D eigenvalue weighted by atomic mass is 32.1. The molecule has 0 unspecified atom stereocenters. The lowest BCUT2D eigenvalue weighted by atomic mass is 10.1. The third-order valence-corrected chi connectivity index (χ3v) is 4.95. The number of hydrogen-bond donors (Lipinski definition) is 1. The van der Waals surface area contributed by atoms with E-state index in [-0.39, 0.29) is 6.42 Å². The highest BCUT2D eigenvalue weighted by molar-refractivity contribution is 7.17. The average molecular weight is 373 g/mol. The van der Waals surface area contributed by atoms with Gasteiger partial charge in [-0.2, -0.15) is 0 Å². The van der Waals surface area contributed by atoms with Gasteiger partial charge in [-0.05, 0) is 17.7 Å². The molecule has 0 bridgehead atoms. The van der Waals surface area contributed by atoms with E-state index in [1.54, 1.807) is 14.2 Å². The molecule has 0 fully saturated rings. The van der Waals surface area contributed by atoms with Crippen LogP contribution in [0, 0.1) is 0 Å². The van der Waals surface area contributed by atoms with Crippen LogP contribution in [0.5, 0.6) is 11.5 Å². The van der Waals surface area contributed by atoms with Crippen molar-refractivity contribution in [3.63, 3.8) is 0 Å². The summed E-state index contributed by atoms with van der Waals surface area (Å²) in [6, 6.07) is 5.72. The molecule has 0 aliphatic rings. The van der Waals surface area contributed by atoms with E-state index in [1.807, 2.05) is 35.5 Å². The predicted molar refractivity (Wildman–Crippen MR) is 101 cm³/mol. The largest absolute Gasteiger partial charge is 0.493 e. The van der Waals surface area contributed by atoms with Crippen molar-refractivity contribution in [1.82, 2.24) is 9.97 Å². The number of carboxylic acid groups (broad SMARTS) is 1. The van der Waals surface area contributed by atoms with Crippen molar-refractivity contribution in [3.8, 4) is 22.6 Å². The number of aromatic nitrogens is 2. The van der Waals surface area contributed by atoms with Gasteiger partial charge in [0.2, 0.25) is 0 Å². The number of anilines is 1. The molecule has 3 aromatic rings. The zero-order chi connectivity index (χ0) is 18.7. The molecule has 0 atom stereocenters. The molecule has 2 heterocycles. The molecule has 7 nitrogen and oxygen atoms in total. The van der Waals surface area contributed by atoms with Gasteiger partial charge in [-0.3, -0.25) is 4.79 Å². The summed E-state index contributed by atoms with van der Waals surface area (Å²) < 4.78 is 10.7. The minimum atomic E-state index is -0.840. The number of rotatable bonds is 7. The van der Waals surface area contributed by atoms with Crippen LogP contribution in [-0.4, -0.2) is 48.9 Å². The molecule has 2 aromatic heterocycles. The second-order valence-corrected chi connectivity index (χ2v) is 6.52. The summed E-state index contributed by atoms with van der Waals surface area (Å²) in [4.78, 5) is 22.3. The summed E-state index contributed by atoms with van der Waals surface area (Å²) in [5.41, 5.74) is 1.93. The Balaban J connectivity index is 2.09. The van der Waals surface area contributed by atoms with Crippen LogP contribution in [-0.2, 0) is 4.79 Å². The lowest BCUT2D eigenvalue weighted by Crippen LogP contribution is -2.22. The number of thiophene rings is 1. The first-order chi connectivity index (χ1) is 12.5. The SMILES string of the molecule is COc1ccc(-c2csc3ncnc(N(C)CCC(=O)O)c23)cc1OC. The summed E-state index contributed by atoms with van der Waals surface area (Å²) in [6.07, 6.45) is 1.54. The Hall–Kier alpha value is -2.87. The second-order valence-electron chi connectivity index (χ2n) is 5.66. The van der Waals surface area contributed by atoms with Crippen molar-refractivity contribution in [2.45, 2.75) is 6.42 Å². The van der Waals surface area contributed by atoms with Gasteiger partial charge in [0, 0.05) is 24.5 Å². The molecule has 0 amide bonds. The van der Waals surface area contributed by atoms with E-state index in [0.29, 0.717) is 23.9 Å². The van der Waals surface area contributed by atoms with E-state index in [2.05, 4.69) is 9.97 Å². The first-order valence-electron chi connectivity index (χ1n) is 7.92. The fourth-order valence-electron chi connectivity index (χ4n) is 2.73. The lowest BCUT2D eigenvalue weighted by molar-refractivity contribution is -0.136. The number of carbonyl (C=O) groups is 1. The van der Waals surface area contributed by atoms with Crippen molar-refractivity contribution in [3.05, 3.63) is 29.9 Å². The van der Waals surface area contributed by atoms with Gasteiger partial charge in [0.1, 0.15) is 17.0 Å². The molecule has 0 aliphatic heterocycles. The Morgan fingerprint density at radius 1 is 1.23 bits per heavy atom. The van der Waals surface area contributed by atoms with Gasteiger partial charge in [-0.25, -0.2) is 9.97 Å². The van der Waals surface area contributed by atoms with Crippen LogP contribution in [0.4, 0.5) is 5.82 Å². The number of fused-ring (bicyclic) bond motifs is 1. The van der Waals surface area contributed by atoms with Gasteiger partial charge >= 0.3 is 5.97 Å². The van der Waals surface area contributed by atoms with Crippen molar-refractivity contribution in [2.75, 3.05) is 32.7 Å². The highest BCUT2D eigenvalue weighted by Crippen LogP contribution is 2.40. The molecule has 0 radical (unpaired) electrons. The van der Waals surface area contributed by atoms with E-state index in [1.165, 1.54) is 17.7 Å². The van der Waals surface area contributed by atoms with Crippen LogP contribution < -0.4 is 14.4 Å². The summed E-state index contributed by atoms with van der Waals surface area (Å²) in [5, 5.41) is 11.9. The fourth-order valence-corrected chi connectivity index (χ4v) is 3.64. The van der Waals surface area contributed by atoms with Crippen molar-refractivity contribution in [2.24, 2.45) is 0 Å². The summed E-state index contributed by atoms with van der Waals surface area (Å²) in [7, 11) is 5.03. The second kappa shape index (κ2) is 7.57. The van der Waals surface area contributed by atoms with Crippen molar-refractivity contribution in [1.29, 1.82) is 0 Å². The number of ether oxygens (including phenoxy) is 2. The smallest absolute Gasteiger partial charge is 0.305 e. The number of aliphatic carboxylic acids is 1. The topological polar surface area (TPSA) is 84.8 Å². The summed E-state index contributed by atoms with van der Waals surface area (Å²) in [6.45, 7) is 0.364. The van der Waals surface area contributed by atoms with Crippen LogP contribution >= 0.6 is 11.3 Å². The van der Waals surface area contributed by atoms with E-state index >= 15 is 0 Å². The Morgan fingerprint density at radius 3 is 2.69 bits per heavy atom. The minimum absolute atomic E-state index is 0.0395. The molecule has 1 aromatic carbocycles. The van der Waals surface area contributed by atoms with Gasteiger partial charge in [-0.15, -0.1) is 11.3 Å². The third kappa shape index (κ3) is 3.41. The van der Waals surface area contributed by atoms with Crippen LogP contribution in [0.2, 0.25) is 0 Å². The van der Waals surface area contributed by atoms with Gasteiger partial charge in [0.05, 0.1) is 26.0 Å². The van der Waals surface area contributed by atoms with Gasteiger partial charge in [0.15, 0.2) is 11.5 Å². The third-order valence-electron chi connectivity index (χ3n) is 4.07. The molecule has 1 N–H and O–H groups in total. The fraction of sp³-hybridized carbons (Fsp3) is 0.278. The Kier molecular flexibility index (Phi) is 5.22. The Bertz CT molecular complexity index is 941. The molecule has 8 heteroatoms. The van der Waals surface area contributed by atoms with Crippen molar-refractivity contribution >= 4 is 33.3 Å². The number of carboxylic acids is 1. The Morgan fingerprint density at radius 2 is 2.00 bits per heavy atom. The molecule has 0 spiro atoms. The quantitative estimate of drug-likeness (QED) is 0.680. The summed E-state index contributed by atoms with van der Waals surface area (Å²) >= 11 is 1.52. The Labute approximate surface area is 154 Å². The monoisotopic (exact) mass is 373 g/mol. The van der Waals surface area contributed by atoms with E-state index < -0.39 is 5.97 Å². The average Bonchev–Trinajstić information content (AvgIpc) is 3.09. The molecule has 0 aliphatic carbocycles. The molecule has 3 rings (SSSR count). The molecule has 26 heavy (non-hydrogen) atoms. The molecule has 0 saturated heterocycles. The highest BCUT2D eigenvalue weighted by Gasteiger charge is 2.17. The van der Waals surface area contributed by atoms with E-state index in [9.17, 15) is 4.79 Å². The maximum absolute atomic E-state index is 10.9. The van der Waals surface area contributed by atoms with Gasteiger partial charge in [0.25, 0.3) is 0 Å². The molecule has 0 saturated carbocycles. The normalized spacial score (nSPS) is 10.7. The van der Waals surface area contributed by atoms with Gasteiger partial charge in [-0.1, -0.05) is 6.07 Å². The number of methoxy groups -OCH3 is 2. The van der Waals surface area contributed by atoms with Crippen LogP contribution in [0.3, 0.4) is 0 Å². The maximum atomic E-state index is 10.9. The zero-order valence-corrected chi connectivity index (χ0v) is 15.5. The van der Waals surface area contributed by atoms with Crippen LogP contribution in [0.15, 0.2) is 29.9 Å². The zero-order valence-electron chi connectivity index (χ0n) is 14.7. The van der Waals surface area contributed by atoms with E-state index in [4.69, 9.17) is 14.6 Å². The lowest BCUT2D eigenvalue weighted by Gasteiger charge is -2.18. The minimum Gasteiger partial charge on any atom is -0.493 e. The molecular weight excluding hydrogens is 354 g/mol. The first-order valence-corrected chi connectivity index (χ1v) is 8.80. The molecule has 136 valence electrons. The number of nitrogens with zero attached hydrogens (tertiary/aromatic N) is 3. The van der Waals surface area contributed by atoms with Crippen LogP contribution in [0.1, 0.15) is 6.42 Å². The van der Waals surface area contributed by atoms with E-state index in [0.717, 1.165) is 21.3 Å². The molecular formula is C18H19N3O4S. The number of benzene rings is 1. The van der Waals surface area contributed by atoms with Crippen molar-refractivity contribution < 1.29 is 19.4 Å². The standard InChI is InChI=1S/C18H19N3O4S/c1-21(7-6-15(22)23)17-16-12(9-26-18(16)20-10-19-17)11-4-5-13(24-2)14(8-11)25-3/h4-5,8-10H,6-7H2,1-3H3,(H,22,23). The van der Waals surface area contributed by atoms with Crippen LogP contribution in [0.25, 0.3) is 21.3 Å². The summed E-state index contributed by atoms with van der Waals surface area (Å²) in [5.74, 6) is 1.17. The number of hydrogen-bond acceptors (Lipinski definition) is 7. The first kappa shape index (κ1) is 17.9. The van der Waals surface area contributed by atoms with Gasteiger partial charge < -0.3 is 19.5 Å². The maximum Gasteiger partial charge on any atom is 0.305 e. The predicted octanol–water partition coefficient (Wildman–Crippen LogP) is 3.29.